The minimum atomic E-state index is -1.68. The zero-order valence-electron chi connectivity index (χ0n) is 14.3. The van der Waals surface area contributed by atoms with E-state index in [9.17, 15) is 22.4 Å². The molecule has 11 heteroatoms. The summed E-state index contributed by atoms with van der Waals surface area (Å²) in [5.41, 5.74) is -0.103. The molecule has 0 radical (unpaired) electrons. The van der Waals surface area contributed by atoms with Crippen LogP contribution in [0.2, 0.25) is 0 Å². The number of hydrogen-bond donors (Lipinski definition) is 2. The van der Waals surface area contributed by atoms with E-state index in [2.05, 4.69) is 15.5 Å². The summed E-state index contributed by atoms with van der Waals surface area (Å²) in [5, 5.41) is 9.22. The maximum absolute atomic E-state index is 13.7. The molecular formula is C17H13F4N5OS. The first kappa shape index (κ1) is 19.7. The van der Waals surface area contributed by atoms with Gasteiger partial charge in [-0.1, -0.05) is 23.9 Å². The van der Waals surface area contributed by atoms with E-state index in [4.69, 9.17) is 5.84 Å². The second kappa shape index (κ2) is 7.89. The number of nitrogens with one attached hydrogen (secondary N) is 1. The predicted octanol–water partition coefficient (Wildman–Crippen LogP) is 3.33. The monoisotopic (exact) mass is 411 g/mol. The van der Waals surface area contributed by atoms with Crippen molar-refractivity contribution in [1.82, 2.24) is 14.9 Å². The second-order valence-electron chi connectivity index (χ2n) is 5.66. The summed E-state index contributed by atoms with van der Waals surface area (Å²) >= 11 is 0.899. The van der Waals surface area contributed by atoms with E-state index in [1.807, 2.05) is 0 Å². The van der Waals surface area contributed by atoms with Crippen LogP contribution in [0.3, 0.4) is 0 Å². The number of nitrogens with two attached hydrogens (primary N) is 1. The highest BCUT2D eigenvalue weighted by molar-refractivity contribution is 8.00. The SMILES string of the molecule is C[C@@H](Sc1nnc(-c2cccc(F)c2)n1N)C(=O)Nc1ccc(F)c(F)c1F. The summed E-state index contributed by atoms with van der Waals surface area (Å²) in [7, 11) is 0. The third-order valence-corrected chi connectivity index (χ3v) is 4.75. The van der Waals surface area contributed by atoms with E-state index < -0.39 is 40.1 Å². The van der Waals surface area contributed by atoms with Crippen molar-refractivity contribution in [1.29, 1.82) is 0 Å². The molecule has 3 N–H and O–H groups in total. The van der Waals surface area contributed by atoms with E-state index in [-0.39, 0.29) is 11.0 Å². The molecular weight excluding hydrogens is 398 g/mol. The molecule has 0 unspecified atom stereocenters. The molecule has 28 heavy (non-hydrogen) atoms. The van der Waals surface area contributed by atoms with Crippen molar-refractivity contribution >= 4 is 23.4 Å². The van der Waals surface area contributed by atoms with Gasteiger partial charge in [-0.05, 0) is 31.2 Å². The molecule has 0 spiro atoms. The van der Waals surface area contributed by atoms with Crippen molar-refractivity contribution in [2.45, 2.75) is 17.3 Å². The molecule has 1 heterocycles. The van der Waals surface area contributed by atoms with Crippen LogP contribution in [0.1, 0.15) is 6.92 Å². The van der Waals surface area contributed by atoms with Crippen molar-refractivity contribution in [3.63, 3.8) is 0 Å². The Hall–Kier alpha value is -3.08. The van der Waals surface area contributed by atoms with Crippen LogP contribution >= 0.6 is 11.8 Å². The van der Waals surface area contributed by atoms with Gasteiger partial charge in [-0.25, -0.2) is 22.2 Å². The van der Waals surface area contributed by atoms with Gasteiger partial charge in [0.25, 0.3) is 0 Å². The summed E-state index contributed by atoms with van der Waals surface area (Å²) in [4.78, 5) is 12.2. The lowest BCUT2D eigenvalue weighted by atomic mass is 10.2. The molecule has 2 aromatic carbocycles. The van der Waals surface area contributed by atoms with Gasteiger partial charge in [-0.2, -0.15) is 0 Å². The van der Waals surface area contributed by atoms with E-state index in [0.29, 0.717) is 11.6 Å². The molecule has 146 valence electrons. The average Bonchev–Trinajstić information content (AvgIpc) is 3.02. The third-order valence-electron chi connectivity index (χ3n) is 3.69. The molecule has 6 nitrogen and oxygen atoms in total. The Morgan fingerprint density at radius 3 is 2.61 bits per heavy atom. The number of aromatic nitrogens is 3. The number of rotatable bonds is 5. The standard InChI is InChI=1S/C17H13F4N5OS/c1-8(16(27)23-12-6-5-11(19)13(20)14(12)21)28-17-25-24-15(26(17)22)9-3-2-4-10(18)7-9/h2-8H,22H2,1H3,(H,23,27)/t8-/m1/s1. The molecule has 0 aliphatic rings. The molecule has 3 rings (SSSR count). The maximum Gasteiger partial charge on any atom is 0.237 e. The van der Waals surface area contributed by atoms with Gasteiger partial charge in [-0.15, -0.1) is 10.2 Å². The Morgan fingerprint density at radius 2 is 1.89 bits per heavy atom. The zero-order valence-corrected chi connectivity index (χ0v) is 15.1. The molecule has 0 aliphatic heterocycles. The number of anilines is 1. The fourth-order valence-corrected chi connectivity index (χ4v) is 3.02. The predicted molar refractivity (Wildman–Crippen MR) is 95.8 cm³/mol. The summed E-state index contributed by atoms with van der Waals surface area (Å²) < 4.78 is 54.4. The zero-order chi connectivity index (χ0) is 20.4. The number of halogens is 4. The smallest absolute Gasteiger partial charge is 0.237 e. The molecule has 1 aromatic heterocycles. The first-order valence-corrected chi connectivity index (χ1v) is 8.73. The highest BCUT2D eigenvalue weighted by atomic mass is 32.2. The quantitative estimate of drug-likeness (QED) is 0.291. The van der Waals surface area contributed by atoms with E-state index in [0.717, 1.165) is 22.5 Å². The lowest BCUT2D eigenvalue weighted by Gasteiger charge is -2.12. The number of hydrogen-bond acceptors (Lipinski definition) is 5. The molecule has 0 saturated heterocycles. The van der Waals surface area contributed by atoms with Gasteiger partial charge >= 0.3 is 0 Å². The number of nitrogen functional groups attached to an aromatic ring is 1. The topological polar surface area (TPSA) is 85.8 Å². The number of nitrogens with zero attached hydrogens (tertiary/aromatic N) is 3. The third kappa shape index (κ3) is 3.93. The van der Waals surface area contributed by atoms with Gasteiger partial charge in [0.2, 0.25) is 11.1 Å². The van der Waals surface area contributed by atoms with Crippen molar-refractivity contribution in [2.24, 2.45) is 0 Å². The molecule has 0 aliphatic carbocycles. The fourth-order valence-electron chi connectivity index (χ4n) is 2.25. The lowest BCUT2D eigenvalue weighted by Crippen LogP contribution is -2.24. The van der Waals surface area contributed by atoms with Gasteiger partial charge in [-0.3, -0.25) is 4.79 Å². The van der Waals surface area contributed by atoms with Crippen LogP contribution in [0.25, 0.3) is 11.4 Å². The largest absolute Gasteiger partial charge is 0.335 e. The van der Waals surface area contributed by atoms with E-state index in [1.54, 1.807) is 6.07 Å². The Kier molecular flexibility index (Phi) is 5.54. The van der Waals surface area contributed by atoms with Crippen LogP contribution in [0, 0.1) is 23.3 Å². The van der Waals surface area contributed by atoms with Crippen LogP contribution in [0.4, 0.5) is 23.2 Å². The van der Waals surface area contributed by atoms with Crippen molar-refractivity contribution in [3.8, 4) is 11.4 Å². The number of thioether (sulfide) groups is 1. The van der Waals surface area contributed by atoms with Crippen molar-refractivity contribution in [3.05, 3.63) is 59.7 Å². The first-order chi connectivity index (χ1) is 13.3. The molecule has 0 fully saturated rings. The number of amides is 1. The number of carbonyl (C=O) groups excluding carboxylic acids is 1. The first-order valence-electron chi connectivity index (χ1n) is 7.85. The minimum absolute atomic E-state index is 0.146. The Bertz CT molecular complexity index is 1040. The highest BCUT2D eigenvalue weighted by Crippen LogP contribution is 2.26. The highest BCUT2D eigenvalue weighted by Gasteiger charge is 2.22. The van der Waals surface area contributed by atoms with Crippen molar-refractivity contribution in [2.75, 3.05) is 11.2 Å². The maximum atomic E-state index is 13.7. The van der Waals surface area contributed by atoms with Crippen LogP contribution in [-0.4, -0.2) is 26.0 Å². The van der Waals surface area contributed by atoms with Crippen molar-refractivity contribution < 1.29 is 22.4 Å². The molecule has 1 atom stereocenters. The normalized spacial score (nSPS) is 12.0. The minimum Gasteiger partial charge on any atom is -0.335 e. The van der Waals surface area contributed by atoms with Gasteiger partial charge in [0.1, 0.15) is 5.82 Å². The average molecular weight is 411 g/mol. The van der Waals surface area contributed by atoms with Gasteiger partial charge in [0.15, 0.2) is 23.3 Å². The summed E-state index contributed by atoms with van der Waals surface area (Å²) in [6, 6.07) is 7.18. The molecule has 0 saturated carbocycles. The van der Waals surface area contributed by atoms with Gasteiger partial charge in [0, 0.05) is 5.56 Å². The summed E-state index contributed by atoms with van der Waals surface area (Å²) in [6.07, 6.45) is 0. The van der Waals surface area contributed by atoms with Crippen LogP contribution in [0.5, 0.6) is 0 Å². The van der Waals surface area contributed by atoms with Crippen LogP contribution in [0.15, 0.2) is 41.6 Å². The molecule has 0 bridgehead atoms. The summed E-state index contributed by atoms with van der Waals surface area (Å²) in [6.45, 7) is 1.48. The van der Waals surface area contributed by atoms with Gasteiger partial charge < -0.3 is 11.2 Å². The Morgan fingerprint density at radius 1 is 1.14 bits per heavy atom. The van der Waals surface area contributed by atoms with Crippen LogP contribution in [-0.2, 0) is 4.79 Å². The van der Waals surface area contributed by atoms with E-state index in [1.165, 1.54) is 25.1 Å². The number of carbonyl (C=O) groups is 1. The number of benzene rings is 2. The Labute approximate surface area is 160 Å². The van der Waals surface area contributed by atoms with Crippen LogP contribution < -0.4 is 11.2 Å². The molecule has 1 amide bonds. The Balaban J connectivity index is 1.74. The lowest BCUT2D eigenvalue weighted by molar-refractivity contribution is -0.115. The van der Waals surface area contributed by atoms with Gasteiger partial charge in [0.05, 0.1) is 10.9 Å². The van der Waals surface area contributed by atoms with E-state index >= 15 is 0 Å². The second-order valence-corrected chi connectivity index (χ2v) is 6.97. The fraction of sp³-hybridized carbons (Fsp3) is 0.118. The molecule has 3 aromatic rings. The summed E-state index contributed by atoms with van der Waals surface area (Å²) in [5.74, 6) is 0.387.